The minimum Gasteiger partial charge on any atom is -0.242 e. The van der Waals surface area contributed by atoms with Gasteiger partial charge in [0.15, 0.2) is 40.7 Å². The third-order valence-electron chi connectivity index (χ3n) is 5.19. The Labute approximate surface area is 184 Å². The van der Waals surface area contributed by atoms with Gasteiger partial charge in [0.25, 0.3) is 0 Å². The molecule has 1 aliphatic carbocycles. The number of hydrogen-bond acceptors (Lipinski definition) is 2. The molecule has 1 heterocycles. The van der Waals surface area contributed by atoms with E-state index in [1.165, 1.54) is 0 Å². The van der Waals surface area contributed by atoms with E-state index in [4.69, 9.17) is 0 Å². The fourth-order valence-corrected chi connectivity index (χ4v) is 3.69. The van der Waals surface area contributed by atoms with Crippen LogP contribution in [0.5, 0.6) is 0 Å². The molecular weight excluding hydrogens is 557 g/mol. The normalized spacial score (nSPS) is 22.4. The number of ether oxygens (including phenoxy) is 1. The molecular formula is C17F17NO. The van der Waals surface area contributed by atoms with E-state index < -0.39 is 104 Å². The molecule has 19 heteroatoms. The van der Waals surface area contributed by atoms with Gasteiger partial charge in [-0.05, 0) is 0 Å². The van der Waals surface area contributed by atoms with Gasteiger partial charge in [0.1, 0.15) is 0 Å². The van der Waals surface area contributed by atoms with Crippen LogP contribution in [0.15, 0.2) is 0 Å². The molecule has 0 N–H and O–H groups in total. The van der Waals surface area contributed by atoms with Crippen molar-refractivity contribution in [1.29, 1.82) is 0 Å². The molecule has 198 valence electrons. The lowest BCUT2D eigenvalue weighted by Crippen LogP contribution is -2.74. The van der Waals surface area contributed by atoms with E-state index >= 15 is 8.78 Å². The number of alkyl halides is 10. The molecule has 0 amide bonds. The first-order valence-corrected chi connectivity index (χ1v) is 8.54. The van der Waals surface area contributed by atoms with Crippen LogP contribution in [0.3, 0.4) is 0 Å². The lowest BCUT2D eigenvalue weighted by atomic mass is 9.99. The lowest BCUT2D eigenvalue weighted by Gasteiger charge is -2.48. The topological polar surface area (TPSA) is 12.5 Å². The Bertz CT molecular complexity index is 1310. The number of fused-ring (bicyclic) bond motifs is 3. The summed E-state index contributed by atoms with van der Waals surface area (Å²) in [6, 6.07) is -14.0. The molecule has 0 saturated carbocycles. The van der Waals surface area contributed by atoms with E-state index in [2.05, 4.69) is 0 Å². The van der Waals surface area contributed by atoms with Crippen LogP contribution in [0.1, 0.15) is 11.1 Å². The van der Waals surface area contributed by atoms with E-state index in [1.54, 1.807) is 0 Å². The first kappa shape index (κ1) is 26.1. The van der Waals surface area contributed by atoms with E-state index in [1.807, 2.05) is 4.74 Å². The summed E-state index contributed by atoms with van der Waals surface area (Å²) in [7, 11) is 0. The molecule has 4 rings (SSSR count). The minimum atomic E-state index is -6.99. The summed E-state index contributed by atoms with van der Waals surface area (Å²) in [6.07, 6.45) is -13.6. The van der Waals surface area contributed by atoms with Crippen molar-refractivity contribution >= 4 is 5.69 Å². The molecule has 2 aliphatic rings. The van der Waals surface area contributed by atoms with Gasteiger partial charge >= 0.3 is 30.2 Å². The molecule has 0 aromatic heterocycles. The van der Waals surface area contributed by atoms with E-state index in [0.717, 1.165) is 0 Å². The average Bonchev–Trinajstić information content (AvgIpc) is 2.97. The third kappa shape index (κ3) is 2.74. The maximum Gasteiger partial charge on any atom is 0.445 e. The number of anilines is 1. The lowest BCUT2D eigenvalue weighted by molar-refractivity contribution is -0.505. The summed E-state index contributed by atoms with van der Waals surface area (Å²) in [5.74, 6) is -28.5. The number of hydrogen-bond donors (Lipinski definition) is 0. The molecule has 2 aromatic carbocycles. The molecule has 0 atom stereocenters. The van der Waals surface area contributed by atoms with Crippen molar-refractivity contribution in [1.82, 2.24) is 0 Å². The molecule has 2 nitrogen and oxygen atoms in total. The van der Waals surface area contributed by atoms with Crippen LogP contribution < -0.4 is 4.90 Å². The Morgan fingerprint density at radius 1 is 0.444 bits per heavy atom. The predicted molar refractivity (Wildman–Crippen MR) is 77.9 cm³/mol. The van der Waals surface area contributed by atoms with Crippen molar-refractivity contribution in [3.8, 4) is 11.1 Å². The second kappa shape index (κ2) is 6.86. The van der Waals surface area contributed by atoms with E-state index in [0.29, 0.717) is 0 Å². The highest BCUT2D eigenvalue weighted by Crippen LogP contribution is 2.63. The SMILES string of the molecule is Fc1c(F)c(F)c2c(c1F)-c1c(F)c(F)c(F)c(N3C(F)(F)C(F)(F)OC(F)(F)C3(F)F)c1C2(F)F. The number of benzene rings is 2. The van der Waals surface area contributed by atoms with Crippen molar-refractivity contribution in [3.63, 3.8) is 0 Å². The molecule has 0 unspecified atom stereocenters. The highest BCUT2D eigenvalue weighted by atomic mass is 19.4. The van der Waals surface area contributed by atoms with Gasteiger partial charge in [-0.1, -0.05) is 0 Å². The zero-order valence-corrected chi connectivity index (χ0v) is 15.8. The molecule has 2 aromatic rings. The van der Waals surface area contributed by atoms with E-state index in [-0.39, 0.29) is 0 Å². The standard InChI is InChI=1S/C17F17NO/c18-5-1-2-4(13(25,26)3(1)7(20)10(23)8(5)21)12(11(24)9(22)6(2)19)35-14(27,28)16(31,32)36-17(33,34)15(35,29)30. The second-order valence-corrected chi connectivity index (χ2v) is 7.17. The van der Waals surface area contributed by atoms with Crippen LogP contribution in [-0.2, 0) is 10.7 Å². The van der Waals surface area contributed by atoms with Gasteiger partial charge in [-0.2, -0.15) is 43.9 Å². The first-order valence-electron chi connectivity index (χ1n) is 8.54. The van der Waals surface area contributed by atoms with Crippen LogP contribution in [0.4, 0.5) is 80.3 Å². The number of morpholine rings is 1. The van der Waals surface area contributed by atoms with Gasteiger partial charge in [-0.15, -0.1) is 0 Å². The smallest absolute Gasteiger partial charge is 0.242 e. The largest absolute Gasteiger partial charge is 0.445 e. The highest BCUT2D eigenvalue weighted by Gasteiger charge is 2.84. The van der Waals surface area contributed by atoms with E-state index in [9.17, 15) is 65.9 Å². The fraction of sp³-hybridized carbons (Fsp3) is 0.294. The summed E-state index contributed by atoms with van der Waals surface area (Å²) in [4.78, 5) is -3.09. The van der Waals surface area contributed by atoms with Crippen LogP contribution in [0, 0.1) is 40.7 Å². The van der Waals surface area contributed by atoms with Crippen LogP contribution in [-0.4, -0.2) is 24.3 Å². The quantitative estimate of drug-likeness (QED) is 0.162. The predicted octanol–water partition coefficient (Wildman–Crippen LogP) is 6.99. The summed E-state index contributed by atoms with van der Waals surface area (Å²) >= 11 is 0. The monoisotopic (exact) mass is 557 g/mol. The number of nitrogens with zero attached hydrogens (tertiary/aromatic N) is 1. The summed E-state index contributed by atoms with van der Waals surface area (Å²) < 4.78 is 242. The van der Waals surface area contributed by atoms with Crippen molar-refractivity contribution in [2.45, 2.75) is 30.2 Å². The van der Waals surface area contributed by atoms with Gasteiger partial charge in [0.2, 0.25) is 0 Å². The minimum absolute atomic E-state index is 2.03. The highest BCUT2D eigenvalue weighted by molar-refractivity contribution is 5.87. The zero-order valence-electron chi connectivity index (χ0n) is 15.8. The zero-order chi connectivity index (χ0) is 27.7. The van der Waals surface area contributed by atoms with Gasteiger partial charge in [-0.25, -0.2) is 40.4 Å². The van der Waals surface area contributed by atoms with Crippen LogP contribution >= 0.6 is 0 Å². The molecule has 36 heavy (non-hydrogen) atoms. The molecule has 1 saturated heterocycles. The maximum atomic E-state index is 15.0. The van der Waals surface area contributed by atoms with Gasteiger partial charge in [0, 0.05) is 11.1 Å². The summed E-state index contributed by atoms with van der Waals surface area (Å²) in [5, 5.41) is 0. The Balaban J connectivity index is 2.26. The molecule has 0 spiro atoms. The summed E-state index contributed by atoms with van der Waals surface area (Å²) in [6.45, 7) is 0. The summed E-state index contributed by atoms with van der Waals surface area (Å²) in [5.41, 5.74) is -15.1. The fourth-order valence-electron chi connectivity index (χ4n) is 3.69. The first-order chi connectivity index (χ1) is 16.1. The maximum absolute atomic E-state index is 15.0. The number of halogens is 17. The molecule has 0 radical (unpaired) electrons. The molecule has 0 bridgehead atoms. The van der Waals surface area contributed by atoms with Crippen molar-refractivity contribution < 1.29 is 79.4 Å². The molecule has 1 aliphatic heterocycles. The van der Waals surface area contributed by atoms with Gasteiger partial charge in [-0.3, -0.25) is 0 Å². The Kier molecular flexibility index (Phi) is 4.97. The van der Waals surface area contributed by atoms with Crippen molar-refractivity contribution in [3.05, 3.63) is 51.8 Å². The van der Waals surface area contributed by atoms with Crippen molar-refractivity contribution in [2.24, 2.45) is 0 Å². The Hall–Kier alpha value is -2.99. The van der Waals surface area contributed by atoms with Gasteiger partial charge < -0.3 is 0 Å². The Morgan fingerprint density at radius 2 is 0.806 bits per heavy atom. The average molecular weight is 557 g/mol. The second-order valence-electron chi connectivity index (χ2n) is 7.17. The van der Waals surface area contributed by atoms with Crippen LogP contribution in [0.25, 0.3) is 11.1 Å². The van der Waals surface area contributed by atoms with Gasteiger partial charge in [0.05, 0.1) is 16.8 Å². The number of rotatable bonds is 1. The van der Waals surface area contributed by atoms with Crippen molar-refractivity contribution in [2.75, 3.05) is 4.90 Å². The Morgan fingerprint density at radius 3 is 1.25 bits per heavy atom. The molecule has 1 fully saturated rings. The van der Waals surface area contributed by atoms with Crippen LogP contribution in [0.2, 0.25) is 0 Å². The third-order valence-corrected chi connectivity index (χ3v) is 5.19.